The van der Waals surface area contributed by atoms with Crippen LogP contribution < -0.4 is 10.2 Å². The molecule has 0 bridgehead atoms. The van der Waals surface area contributed by atoms with Crippen molar-refractivity contribution in [3.05, 3.63) is 23.9 Å². The third-order valence-corrected chi connectivity index (χ3v) is 3.86. The van der Waals surface area contributed by atoms with Gasteiger partial charge in [-0.15, -0.1) is 0 Å². The number of hydrogen-bond donors (Lipinski definition) is 1. The second-order valence-corrected chi connectivity index (χ2v) is 5.74. The van der Waals surface area contributed by atoms with E-state index in [4.69, 9.17) is 4.74 Å². The Morgan fingerprint density at radius 2 is 2.30 bits per heavy atom. The molecule has 1 aromatic heterocycles. The average molecular weight is 277 g/mol. The molecule has 0 saturated carbocycles. The summed E-state index contributed by atoms with van der Waals surface area (Å²) in [5.41, 5.74) is 1.28. The van der Waals surface area contributed by atoms with Gasteiger partial charge < -0.3 is 15.0 Å². The van der Waals surface area contributed by atoms with Crippen LogP contribution in [0.3, 0.4) is 0 Å². The molecule has 2 heterocycles. The molecule has 3 unspecified atom stereocenters. The summed E-state index contributed by atoms with van der Waals surface area (Å²) in [4.78, 5) is 7.03. The van der Waals surface area contributed by atoms with Crippen molar-refractivity contribution in [2.75, 3.05) is 24.6 Å². The Hall–Kier alpha value is -1.13. The summed E-state index contributed by atoms with van der Waals surface area (Å²) < 4.78 is 5.72. The van der Waals surface area contributed by atoms with Crippen LogP contribution in [0.4, 0.5) is 5.82 Å². The van der Waals surface area contributed by atoms with E-state index in [2.05, 4.69) is 49.0 Å². The molecule has 1 aromatic rings. The minimum Gasteiger partial charge on any atom is -0.375 e. The lowest BCUT2D eigenvalue weighted by atomic mass is 10.1. The molecule has 1 N–H and O–H groups in total. The number of rotatable bonds is 5. The molecule has 0 aliphatic carbocycles. The standard InChI is InChI=1S/C16H27N3O/c1-5-8-17-14(4)15-7-6-9-18-16(15)19-10-13(3)20-11-12(19)2/h6-7,9,12-14,17H,5,8,10-11H2,1-4H3. The summed E-state index contributed by atoms with van der Waals surface area (Å²) in [6.45, 7) is 11.4. The first kappa shape index (κ1) is 15.3. The van der Waals surface area contributed by atoms with E-state index in [-0.39, 0.29) is 6.10 Å². The number of morpholine rings is 1. The fourth-order valence-electron chi connectivity index (χ4n) is 2.66. The van der Waals surface area contributed by atoms with Crippen LogP contribution in [0.5, 0.6) is 0 Å². The Balaban J connectivity index is 2.22. The number of pyridine rings is 1. The van der Waals surface area contributed by atoms with Crippen LogP contribution in [0.1, 0.15) is 45.7 Å². The van der Waals surface area contributed by atoms with Crippen molar-refractivity contribution in [3.8, 4) is 0 Å². The van der Waals surface area contributed by atoms with E-state index < -0.39 is 0 Å². The third-order valence-electron chi connectivity index (χ3n) is 3.86. The Morgan fingerprint density at radius 3 is 3.05 bits per heavy atom. The van der Waals surface area contributed by atoms with Gasteiger partial charge in [0.25, 0.3) is 0 Å². The first-order chi connectivity index (χ1) is 9.63. The lowest BCUT2D eigenvalue weighted by Gasteiger charge is -2.39. The van der Waals surface area contributed by atoms with Gasteiger partial charge in [0.05, 0.1) is 18.8 Å². The molecule has 112 valence electrons. The van der Waals surface area contributed by atoms with Crippen molar-refractivity contribution >= 4 is 5.82 Å². The maximum absolute atomic E-state index is 5.72. The molecule has 1 saturated heterocycles. The molecule has 0 radical (unpaired) electrons. The van der Waals surface area contributed by atoms with Crippen molar-refractivity contribution in [1.82, 2.24) is 10.3 Å². The molecule has 2 rings (SSSR count). The molecule has 1 aliphatic rings. The van der Waals surface area contributed by atoms with Crippen molar-refractivity contribution in [2.24, 2.45) is 0 Å². The van der Waals surface area contributed by atoms with E-state index in [9.17, 15) is 0 Å². The number of hydrogen-bond acceptors (Lipinski definition) is 4. The van der Waals surface area contributed by atoms with E-state index in [1.54, 1.807) is 0 Å². The fourth-order valence-corrected chi connectivity index (χ4v) is 2.66. The summed E-state index contributed by atoms with van der Waals surface area (Å²) in [7, 11) is 0. The van der Waals surface area contributed by atoms with Crippen LogP contribution in [-0.2, 0) is 4.74 Å². The third kappa shape index (κ3) is 3.49. The Labute approximate surface area is 122 Å². The summed E-state index contributed by atoms with van der Waals surface area (Å²) in [6, 6.07) is 4.90. The highest BCUT2D eigenvalue weighted by molar-refractivity contribution is 5.49. The van der Waals surface area contributed by atoms with E-state index in [1.165, 1.54) is 5.56 Å². The summed E-state index contributed by atoms with van der Waals surface area (Å²) in [5, 5.41) is 3.56. The number of nitrogens with one attached hydrogen (secondary N) is 1. The number of nitrogens with zero attached hydrogens (tertiary/aromatic N) is 2. The van der Waals surface area contributed by atoms with Crippen LogP contribution in [0.2, 0.25) is 0 Å². The predicted molar refractivity (Wildman–Crippen MR) is 83.2 cm³/mol. The largest absolute Gasteiger partial charge is 0.375 e. The molecule has 0 amide bonds. The van der Waals surface area contributed by atoms with Crippen molar-refractivity contribution in [1.29, 1.82) is 0 Å². The molecule has 0 aromatic carbocycles. The van der Waals surface area contributed by atoms with Gasteiger partial charge in [-0.05, 0) is 39.8 Å². The Bertz CT molecular complexity index is 424. The van der Waals surface area contributed by atoms with Crippen molar-refractivity contribution in [2.45, 2.75) is 52.3 Å². The van der Waals surface area contributed by atoms with Gasteiger partial charge in [0.2, 0.25) is 0 Å². The van der Waals surface area contributed by atoms with Gasteiger partial charge in [0, 0.05) is 24.3 Å². The van der Waals surface area contributed by atoms with Gasteiger partial charge in [-0.3, -0.25) is 0 Å². The van der Waals surface area contributed by atoms with E-state index >= 15 is 0 Å². The van der Waals surface area contributed by atoms with Crippen molar-refractivity contribution < 1.29 is 4.74 Å². The van der Waals surface area contributed by atoms with Crippen LogP contribution in [0.25, 0.3) is 0 Å². The quantitative estimate of drug-likeness (QED) is 0.898. The van der Waals surface area contributed by atoms with Crippen LogP contribution >= 0.6 is 0 Å². The smallest absolute Gasteiger partial charge is 0.133 e. The van der Waals surface area contributed by atoms with Gasteiger partial charge in [-0.1, -0.05) is 13.0 Å². The summed E-state index contributed by atoms with van der Waals surface area (Å²) in [6.07, 6.45) is 3.29. The topological polar surface area (TPSA) is 37.4 Å². The molecule has 4 heteroatoms. The van der Waals surface area contributed by atoms with Gasteiger partial charge >= 0.3 is 0 Å². The maximum Gasteiger partial charge on any atom is 0.133 e. The highest BCUT2D eigenvalue weighted by atomic mass is 16.5. The van der Waals surface area contributed by atoms with E-state index in [0.29, 0.717) is 12.1 Å². The SMILES string of the molecule is CCCNC(C)c1cccnc1N1CC(C)OCC1C. The normalized spacial score (nSPS) is 24.7. The zero-order valence-corrected chi connectivity index (χ0v) is 13.1. The van der Waals surface area contributed by atoms with Crippen LogP contribution in [0.15, 0.2) is 18.3 Å². The van der Waals surface area contributed by atoms with Crippen molar-refractivity contribution in [3.63, 3.8) is 0 Å². The summed E-state index contributed by atoms with van der Waals surface area (Å²) >= 11 is 0. The molecular formula is C16H27N3O. The number of aromatic nitrogens is 1. The molecular weight excluding hydrogens is 250 g/mol. The Morgan fingerprint density at radius 1 is 1.50 bits per heavy atom. The van der Waals surface area contributed by atoms with Gasteiger partial charge in [-0.2, -0.15) is 0 Å². The molecule has 20 heavy (non-hydrogen) atoms. The second-order valence-electron chi connectivity index (χ2n) is 5.74. The molecule has 1 fully saturated rings. The van der Waals surface area contributed by atoms with Crippen LogP contribution in [-0.4, -0.2) is 36.8 Å². The van der Waals surface area contributed by atoms with E-state index in [1.807, 2.05) is 12.3 Å². The molecule has 0 spiro atoms. The molecule has 1 aliphatic heterocycles. The Kier molecular flexibility index (Phi) is 5.38. The highest BCUT2D eigenvalue weighted by Gasteiger charge is 2.27. The minimum absolute atomic E-state index is 0.264. The van der Waals surface area contributed by atoms with Gasteiger partial charge in [-0.25, -0.2) is 4.98 Å². The second kappa shape index (κ2) is 7.04. The maximum atomic E-state index is 5.72. The minimum atomic E-state index is 0.264. The number of ether oxygens (including phenoxy) is 1. The van der Waals surface area contributed by atoms with E-state index in [0.717, 1.165) is 31.9 Å². The zero-order valence-electron chi connectivity index (χ0n) is 13.1. The molecule has 4 nitrogen and oxygen atoms in total. The monoisotopic (exact) mass is 277 g/mol. The first-order valence-electron chi connectivity index (χ1n) is 7.70. The van der Waals surface area contributed by atoms with Crippen LogP contribution in [0, 0.1) is 0 Å². The molecule has 3 atom stereocenters. The zero-order chi connectivity index (χ0) is 14.5. The predicted octanol–water partition coefficient (Wildman–Crippen LogP) is 2.76. The first-order valence-corrected chi connectivity index (χ1v) is 7.70. The lowest BCUT2D eigenvalue weighted by molar-refractivity contribution is 0.0339. The fraction of sp³-hybridized carbons (Fsp3) is 0.688. The lowest BCUT2D eigenvalue weighted by Crippen LogP contribution is -2.48. The highest BCUT2D eigenvalue weighted by Crippen LogP contribution is 2.27. The summed E-state index contributed by atoms with van der Waals surface area (Å²) in [5.74, 6) is 1.10. The van der Waals surface area contributed by atoms with Gasteiger partial charge in [0.1, 0.15) is 5.82 Å². The van der Waals surface area contributed by atoms with Gasteiger partial charge in [0.15, 0.2) is 0 Å². The average Bonchev–Trinajstić information content (AvgIpc) is 2.47. The number of anilines is 1.